The fourth-order valence-corrected chi connectivity index (χ4v) is 14.9. The van der Waals surface area contributed by atoms with E-state index in [1.807, 2.05) is 0 Å². The smallest absolute Gasteiger partial charge is 0.0132 e. The van der Waals surface area contributed by atoms with Crippen molar-refractivity contribution in [1.82, 2.24) is 9.80 Å². The van der Waals surface area contributed by atoms with Gasteiger partial charge in [-0.25, -0.2) is 0 Å². The Morgan fingerprint density at radius 1 is 0.304 bits per heavy atom. The summed E-state index contributed by atoms with van der Waals surface area (Å²) in [5.74, 6) is 10.4. The van der Waals surface area contributed by atoms with Gasteiger partial charge in [-0.05, 0) is 207 Å². The Bertz CT molecular complexity index is 916. The number of rotatable bonds is 6. The van der Waals surface area contributed by atoms with E-state index in [4.69, 9.17) is 0 Å². The molecule has 2 heteroatoms. The molecule has 8 atom stereocenters. The Balaban J connectivity index is 1.02. The lowest BCUT2D eigenvalue weighted by Crippen LogP contribution is -2.58. The third-order valence-electron chi connectivity index (χ3n) is 17.3. The summed E-state index contributed by atoms with van der Waals surface area (Å²) in [6, 6.07) is 5.49. The molecule has 262 valence electrons. The maximum absolute atomic E-state index is 3.35. The molecule has 8 saturated carbocycles. The maximum Gasteiger partial charge on any atom is 0.0132 e. The zero-order valence-electron chi connectivity index (χ0n) is 31.1. The van der Waals surface area contributed by atoms with Gasteiger partial charge in [0.15, 0.2) is 0 Å². The zero-order valence-corrected chi connectivity index (χ0v) is 31.1. The highest BCUT2D eigenvalue weighted by Gasteiger charge is 2.59. The lowest BCUT2D eigenvalue weighted by Gasteiger charge is -2.55. The number of hydrogen-bond acceptors (Lipinski definition) is 2. The molecular formula is C44H76N2. The summed E-state index contributed by atoms with van der Waals surface area (Å²) < 4.78 is 0. The second-order valence-electron chi connectivity index (χ2n) is 20.0. The van der Waals surface area contributed by atoms with E-state index in [1.165, 1.54) is 103 Å². The van der Waals surface area contributed by atoms with Crippen molar-refractivity contribution in [2.75, 3.05) is 0 Å². The molecule has 0 aromatic heterocycles. The van der Waals surface area contributed by atoms with Gasteiger partial charge in [0.25, 0.3) is 0 Å². The molecule has 0 saturated heterocycles. The number of nitrogens with zero attached hydrogens (tertiary/aromatic N) is 2. The normalized spacial score (nSPS) is 51.5. The summed E-state index contributed by atoms with van der Waals surface area (Å²) in [7, 11) is 0. The minimum absolute atomic E-state index is 0.910. The fraction of sp³-hybridized carbons (Fsp3) is 1.00. The highest BCUT2D eigenvalue weighted by atomic mass is 15.2. The highest BCUT2D eigenvalue weighted by molar-refractivity contribution is 5.10. The van der Waals surface area contributed by atoms with Crippen LogP contribution in [0.1, 0.15) is 182 Å². The van der Waals surface area contributed by atoms with Crippen molar-refractivity contribution in [1.29, 1.82) is 0 Å². The van der Waals surface area contributed by atoms with E-state index in [0.29, 0.717) is 0 Å². The molecule has 8 aliphatic rings. The molecule has 0 aromatic rings. The quantitative estimate of drug-likeness (QED) is 0.287. The van der Waals surface area contributed by atoms with E-state index < -0.39 is 0 Å². The molecular weight excluding hydrogens is 556 g/mol. The fourth-order valence-electron chi connectivity index (χ4n) is 14.9. The molecule has 2 nitrogen and oxygen atoms in total. The predicted octanol–water partition coefficient (Wildman–Crippen LogP) is 11.5. The topological polar surface area (TPSA) is 6.48 Å². The SMILES string of the molecule is CC1CCC(N(C2CCC(C)CC2)C2CCC3C(C2)C2CCCC4C2C3CCC4N(C2CCC(C)CC2)C2CCC(C)CC2)CC1. The van der Waals surface area contributed by atoms with E-state index in [0.717, 1.165) is 95.4 Å². The number of fused-ring (bicyclic) bond motifs is 3. The van der Waals surface area contributed by atoms with Gasteiger partial charge in [-0.1, -0.05) is 34.1 Å². The van der Waals surface area contributed by atoms with Gasteiger partial charge in [0.1, 0.15) is 0 Å². The summed E-state index contributed by atoms with van der Waals surface area (Å²) in [5, 5.41) is 0. The largest absolute Gasteiger partial charge is 0.294 e. The van der Waals surface area contributed by atoms with Crippen LogP contribution in [-0.2, 0) is 0 Å². The van der Waals surface area contributed by atoms with E-state index >= 15 is 0 Å². The number of hydrogen-bond donors (Lipinski definition) is 0. The van der Waals surface area contributed by atoms with Crippen LogP contribution in [0.2, 0.25) is 0 Å². The summed E-state index contributed by atoms with van der Waals surface area (Å²) in [6.07, 6.45) is 36.7. The van der Waals surface area contributed by atoms with Crippen LogP contribution < -0.4 is 0 Å². The average molecular weight is 633 g/mol. The van der Waals surface area contributed by atoms with Gasteiger partial charge in [-0.3, -0.25) is 9.80 Å². The van der Waals surface area contributed by atoms with Crippen LogP contribution in [0.3, 0.4) is 0 Å². The lowest BCUT2D eigenvalue weighted by molar-refractivity contribution is -0.0597. The lowest BCUT2D eigenvalue weighted by atomic mass is 9.61. The first kappa shape index (κ1) is 33.1. The summed E-state index contributed by atoms with van der Waals surface area (Å²) >= 11 is 0. The van der Waals surface area contributed by atoms with Crippen molar-refractivity contribution in [2.45, 2.75) is 218 Å². The Kier molecular flexibility index (Phi) is 10.3. The molecule has 8 aliphatic carbocycles. The van der Waals surface area contributed by atoms with E-state index in [-0.39, 0.29) is 0 Å². The van der Waals surface area contributed by atoms with Crippen molar-refractivity contribution >= 4 is 0 Å². The first-order valence-electron chi connectivity index (χ1n) is 22.0. The Morgan fingerprint density at radius 2 is 0.696 bits per heavy atom. The molecule has 0 bridgehead atoms. The minimum atomic E-state index is 0.910. The van der Waals surface area contributed by atoms with Crippen LogP contribution in [0.25, 0.3) is 0 Å². The Hall–Kier alpha value is -0.0800. The molecule has 0 aliphatic heterocycles. The van der Waals surface area contributed by atoms with E-state index in [2.05, 4.69) is 37.5 Å². The molecule has 0 heterocycles. The Labute approximate surface area is 286 Å². The summed E-state index contributed by atoms with van der Waals surface area (Å²) in [6.45, 7) is 10.1. The highest BCUT2D eigenvalue weighted by Crippen LogP contribution is 2.64. The van der Waals surface area contributed by atoms with Crippen LogP contribution in [0.15, 0.2) is 0 Å². The van der Waals surface area contributed by atoms with Crippen LogP contribution in [0, 0.1) is 59.2 Å². The molecule has 0 spiro atoms. The van der Waals surface area contributed by atoms with Gasteiger partial charge in [0.05, 0.1) is 0 Å². The second kappa shape index (κ2) is 14.3. The third kappa shape index (κ3) is 6.46. The van der Waals surface area contributed by atoms with Crippen LogP contribution >= 0.6 is 0 Å². The second-order valence-corrected chi connectivity index (χ2v) is 20.0. The molecule has 8 unspecified atom stereocenters. The molecule has 8 rings (SSSR count). The molecule has 0 radical (unpaired) electrons. The molecule has 46 heavy (non-hydrogen) atoms. The summed E-state index contributed by atoms with van der Waals surface area (Å²) in [4.78, 5) is 6.65. The van der Waals surface area contributed by atoms with Gasteiger partial charge >= 0.3 is 0 Å². The monoisotopic (exact) mass is 633 g/mol. The van der Waals surface area contributed by atoms with Gasteiger partial charge in [0, 0.05) is 36.3 Å². The first-order valence-corrected chi connectivity index (χ1v) is 22.0. The Morgan fingerprint density at radius 3 is 1.20 bits per heavy atom. The van der Waals surface area contributed by atoms with E-state index in [9.17, 15) is 0 Å². The van der Waals surface area contributed by atoms with Crippen LogP contribution in [0.4, 0.5) is 0 Å². The van der Waals surface area contributed by atoms with Crippen molar-refractivity contribution in [2.24, 2.45) is 59.2 Å². The first-order chi connectivity index (χ1) is 22.4. The molecule has 0 aromatic carbocycles. The van der Waals surface area contributed by atoms with E-state index in [1.54, 1.807) is 51.4 Å². The van der Waals surface area contributed by atoms with Crippen molar-refractivity contribution in [3.8, 4) is 0 Å². The van der Waals surface area contributed by atoms with Crippen molar-refractivity contribution < 1.29 is 0 Å². The van der Waals surface area contributed by atoms with Crippen molar-refractivity contribution in [3.63, 3.8) is 0 Å². The molecule has 8 fully saturated rings. The van der Waals surface area contributed by atoms with Gasteiger partial charge < -0.3 is 0 Å². The molecule has 0 N–H and O–H groups in total. The summed E-state index contributed by atoms with van der Waals surface area (Å²) in [5.41, 5.74) is 0. The average Bonchev–Trinajstić information content (AvgIpc) is 3.40. The van der Waals surface area contributed by atoms with Gasteiger partial charge in [-0.15, -0.1) is 0 Å². The van der Waals surface area contributed by atoms with Crippen LogP contribution in [0.5, 0.6) is 0 Å². The standard InChI is InChI=1S/C44H76N2/c1-29-8-16-33(17-9-29)45(34-18-10-30(2)11-19-34)37-24-25-38-40-26-27-43(41-7-5-6-39(44(40)41)42(38)28-37)46(35-20-12-31(3)13-21-35)36-22-14-32(4)15-23-36/h29-44H,5-28H2,1-4H3. The minimum Gasteiger partial charge on any atom is -0.294 e. The molecule has 0 amide bonds. The maximum atomic E-state index is 3.35. The predicted molar refractivity (Wildman–Crippen MR) is 195 cm³/mol. The van der Waals surface area contributed by atoms with Crippen molar-refractivity contribution in [3.05, 3.63) is 0 Å². The van der Waals surface area contributed by atoms with Crippen LogP contribution in [-0.4, -0.2) is 46.1 Å². The van der Waals surface area contributed by atoms with Gasteiger partial charge in [0.2, 0.25) is 0 Å². The third-order valence-corrected chi connectivity index (χ3v) is 17.3. The zero-order chi connectivity index (χ0) is 31.4. The van der Waals surface area contributed by atoms with Gasteiger partial charge in [-0.2, -0.15) is 0 Å².